The predicted octanol–water partition coefficient (Wildman–Crippen LogP) is 3.35. The molecule has 0 amide bonds. The second kappa shape index (κ2) is 7.16. The monoisotopic (exact) mass is 362 g/mol. The minimum Gasteiger partial charge on any atom is -0.411 e. The summed E-state index contributed by atoms with van der Waals surface area (Å²) < 4.78 is 10.8. The van der Waals surface area contributed by atoms with Gasteiger partial charge >= 0.3 is 0 Å². The molecule has 0 atom stereocenters. The zero-order chi connectivity index (χ0) is 17.8. The van der Waals surface area contributed by atoms with Crippen molar-refractivity contribution < 1.29 is 8.94 Å². The van der Waals surface area contributed by atoms with E-state index in [0.29, 0.717) is 34.1 Å². The van der Waals surface area contributed by atoms with Crippen molar-refractivity contribution in [1.82, 2.24) is 25.3 Å². The van der Waals surface area contributed by atoms with Crippen molar-refractivity contribution in [2.75, 3.05) is 0 Å². The van der Waals surface area contributed by atoms with Crippen LogP contribution in [-0.4, -0.2) is 25.3 Å². The Balaban J connectivity index is 1.44. The third-order valence-electron chi connectivity index (χ3n) is 3.37. The van der Waals surface area contributed by atoms with Crippen LogP contribution in [0.4, 0.5) is 0 Å². The highest BCUT2D eigenvalue weighted by Gasteiger charge is 2.13. The minimum atomic E-state index is 0.392. The zero-order valence-corrected chi connectivity index (χ0v) is 14.1. The van der Waals surface area contributed by atoms with Gasteiger partial charge < -0.3 is 8.94 Å². The lowest BCUT2D eigenvalue weighted by molar-refractivity contribution is 0.391. The lowest BCUT2D eigenvalue weighted by atomic mass is 10.1. The Morgan fingerprint density at radius 1 is 1.08 bits per heavy atom. The Hall–Kier alpha value is -3.51. The number of thioether (sulfide) groups is 1. The van der Waals surface area contributed by atoms with E-state index in [1.165, 1.54) is 11.8 Å². The number of nitrogens with zero attached hydrogens (tertiary/aromatic N) is 6. The van der Waals surface area contributed by atoms with Gasteiger partial charge in [0.25, 0.3) is 5.22 Å². The smallest absolute Gasteiger partial charge is 0.277 e. The summed E-state index contributed by atoms with van der Waals surface area (Å²) in [5.41, 5.74) is 2.07. The number of hydrogen-bond donors (Lipinski definition) is 0. The molecule has 0 fully saturated rings. The number of pyridine rings is 1. The summed E-state index contributed by atoms with van der Waals surface area (Å²) in [4.78, 5) is 8.28. The fourth-order valence-corrected chi connectivity index (χ4v) is 2.76. The Bertz CT molecular complexity index is 1070. The zero-order valence-electron chi connectivity index (χ0n) is 13.2. The fraction of sp³-hybridized carbons (Fsp3) is 0.0588. The SMILES string of the molecule is N#Cc1cccc(-c2noc(CSc3nnc(-c4ccncc4)o3)n2)c1. The molecule has 0 N–H and O–H groups in total. The Morgan fingerprint density at radius 3 is 2.81 bits per heavy atom. The van der Waals surface area contributed by atoms with Crippen molar-refractivity contribution in [3.05, 3.63) is 60.2 Å². The molecule has 9 heteroatoms. The number of rotatable bonds is 5. The van der Waals surface area contributed by atoms with Gasteiger partial charge in [-0.15, -0.1) is 10.2 Å². The first-order valence-corrected chi connectivity index (χ1v) is 8.50. The summed E-state index contributed by atoms with van der Waals surface area (Å²) in [6.07, 6.45) is 3.32. The second-order valence-electron chi connectivity index (χ2n) is 5.10. The number of nitriles is 1. The molecule has 0 aliphatic rings. The third-order valence-corrected chi connectivity index (χ3v) is 4.17. The van der Waals surface area contributed by atoms with Gasteiger partial charge in [-0.05, 0) is 24.3 Å². The van der Waals surface area contributed by atoms with E-state index < -0.39 is 0 Å². The van der Waals surface area contributed by atoms with Crippen LogP contribution in [0.2, 0.25) is 0 Å². The molecule has 4 aromatic rings. The average molecular weight is 362 g/mol. The van der Waals surface area contributed by atoms with Gasteiger partial charge in [0, 0.05) is 23.5 Å². The minimum absolute atomic E-state index is 0.392. The maximum atomic E-state index is 8.96. The van der Waals surface area contributed by atoms with Crippen molar-refractivity contribution >= 4 is 11.8 Å². The first-order chi connectivity index (χ1) is 12.8. The molecule has 0 aliphatic heterocycles. The maximum absolute atomic E-state index is 8.96. The van der Waals surface area contributed by atoms with E-state index in [-0.39, 0.29) is 0 Å². The summed E-state index contributed by atoms with van der Waals surface area (Å²) in [5.74, 6) is 1.68. The molecular formula is C17H10N6O2S. The standard InChI is InChI=1S/C17H10N6O2S/c18-9-11-2-1-3-13(8-11)15-20-14(25-23-15)10-26-17-22-21-16(24-17)12-4-6-19-7-5-12/h1-8H,10H2. The van der Waals surface area contributed by atoms with E-state index in [1.807, 2.05) is 6.07 Å². The highest BCUT2D eigenvalue weighted by atomic mass is 32.2. The molecule has 0 aliphatic carbocycles. The van der Waals surface area contributed by atoms with Crippen LogP contribution in [0.15, 0.2) is 63.0 Å². The van der Waals surface area contributed by atoms with Gasteiger partial charge in [0.1, 0.15) is 0 Å². The number of aromatic nitrogens is 5. The van der Waals surface area contributed by atoms with E-state index >= 15 is 0 Å². The quantitative estimate of drug-likeness (QED) is 0.493. The Labute approximate surface area is 151 Å². The summed E-state index contributed by atoms with van der Waals surface area (Å²) in [7, 11) is 0. The summed E-state index contributed by atoms with van der Waals surface area (Å²) >= 11 is 1.30. The van der Waals surface area contributed by atoms with Gasteiger partial charge in [-0.3, -0.25) is 4.98 Å². The molecule has 26 heavy (non-hydrogen) atoms. The normalized spacial score (nSPS) is 10.6. The first kappa shape index (κ1) is 16.0. The van der Waals surface area contributed by atoms with Crippen LogP contribution in [0.3, 0.4) is 0 Å². The van der Waals surface area contributed by atoms with Gasteiger partial charge in [0.2, 0.25) is 17.6 Å². The third kappa shape index (κ3) is 3.45. The molecule has 1 aromatic carbocycles. The van der Waals surface area contributed by atoms with Gasteiger partial charge in [-0.2, -0.15) is 10.2 Å². The Morgan fingerprint density at radius 2 is 1.96 bits per heavy atom. The Kier molecular flexibility index (Phi) is 4.40. The molecule has 4 rings (SSSR count). The first-order valence-electron chi connectivity index (χ1n) is 7.51. The summed E-state index contributed by atoms with van der Waals surface area (Å²) in [5, 5.41) is 21.3. The molecule has 0 saturated heterocycles. The fourth-order valence-electron chi connectivity index (χ4n) is 2.16. The van der Waals surface area contributed by atoms with Gasteiger partial charge in [-0.25, -0.2) is 0 Å². The molecule has 0 radical (unpaired) electrons. The lowest BCUT2D eigenvalue weighted by Crippen LogP contribution is -1.84. The molecule has 0 saturated carbocycles. The lowest BCUT2D eigenvalue weighted by Gasteiger charge is -1.94. The van der Waals surface area contributed by atoms with Crippen LogP contribution in [-0.2, 0) is 5.75 Å². The molecule has 0 bridgehead atoms. The van der Waals surface area contributed by atoms with Crippen molar-refractivity contribution in [3.8, 4) is 28.9 Å². The number of benzene rings is 1. The van der Waals surface area contributed by atoms with E-state index in [2.05, 4.69) is 31.4 Å². The van der Waals surface area contributed by atoms with Crippen LogP contribution in [0.25, 0.3) is 22.8 Å². The second-order valence-corrected chi connectivity index (χ2v) is 6.03. The van der Waals surface area contributed by atoms with Crippen LogP contribution in [0.1, 0.15) is 11.5 Å². The van der Waals surface area contributed by atoms with Gasteiger partial charge in [0.05, 0.1) is 17.4 Å². The van der Waals surface area contributed by atoms with E-state index in [0.717, 1.165) is 11.1 Å². The summed E-state index contributed by atoms with van der Waals surface area (Å²) in [6, 6.07) is 12.7. The van der Waals surface area contributed by atoms with Gasteiger partial charge in [-0.1, -0.05) is 29.1 Å². The van der Waals surface area contributed by atoms with E-state index in [4.69, 9.17) is 14.2 Å². The van der Waals surface area contributed by atoms with Crippen LogP contribution in [0, 0.1) is 11.3 Å². The van der Waals surface area contributed by atoms with Crippen molar-refractivity contribution in [1.29, 1.82) is 5.26 Å². The van der Waals surface area contributed by atoms with Crippen LogP contribution >= 0.6 is 11.8 Å². The molecule has 0 unspecified atom stereocenters. The topological polar surface area (TPSA) is 115 Å². The predicted molar refractivity (Wildman–Crippen MR) is 91.5 cm³/mol. The van der Waals surface area contributed by atoms with E-state index in [9.17, 15) is 0 Å². The van der Waals surface area contributed by atoms with Crippen LogP contribution < -0.4 is 0 Å². The molecule has 8 nitrogen and oxygen atoms in total. The maximum Gasteiger partial charge on any atom is 0.277 e. The summed E-state index contributed by atoms with van der Waals surface area (Å²) in [6.45, 7) is 0. The average Bonchev–Trinajstić information content (AvgIpc) is 3.37. The molecule has 0 spiro atoms. The molecule has 126 valence electrons. The van der Waals surface area contributed by atoms with Crippen LogP contribution in [0.5, 0.6) is 0 Å². The van der Waals surface area contributed by atoms with Crippen molar-refractivity contribution in [2.24, 2.45) is 0 Å². The van der Waals surface area contributed by atoms with Crippen molar-refractivity contribution in [3.63, 3.8) is 0 Å². The molecule has 3 aromatic heterocycles. The van der Waals surface area contributed by atoms with Gasteiger partial charge in [0.15, 0.2) is 0 Å². The highest BCUT2D eigenvalue weighted by molar-refractivity contribution is 7.98. The molecular weight excluding hydrogens is 352 g/mol. The van der Waals surface area contributed by atoms with E-state index in [1.54, 1.807) is 42.7 Å². The molecule has 3 heterocycles. The highest BCUT2D eigenvalue weighted by Crippen LogP contribution is 2.26. The number of hydrogen-bond acceptors (Lipinski definition) is 9. The van der Waals surface area contributed by atoms with Crippen molar-refractivity contribution in [2.45, 2.75) is 11.0 Å². The largest absolute Gasteiger partial charge is 0.411 e.